The van der Waals surface area contributed by atoms with Crippen LogP contribution in [-0.4, -0.2) is 621 Å². The van der Waals surface area contributed by atoms with Gasteiger partial charge in [0.25, 0.3) is 11.6 Å². The molecule has 38 N–H and O–H groups in total. The lowest BCUT2D eigenvalue weighted by Crippen LogP contribution is -2.73. The summed E-state index contributed by atoms with van der Waals surface area (Å²) in [5.74, 6) is -14.1. The van der Waals surface area contributed by atoms with Crippen molar-refractivity contribution in [2.75, 3.05) is 59.5 Å². The average molecular weight is 2020 g/mol. The van der Waals surface area contributed by atoms with E-state index in [1.54, 1.807) is 0 Å². The summed E-state index contributed by atoms with van der Waals surface area (Å²) < 4.78 is 123. The molecule has 0 spiro atoms. The molecule has 0 aromatic heterocycles. The Morgan fingerprint density at radius 2 is 0.708 bits per heavy atom. The molecule has 796 valence electrons. The summed E-state index contributed by atoms with van der Waals surface area (Å²) in [7, 11) is 0. The van der Waals surface area contributed by atoms with Crippen molar-refractivity contribution in [1.29, 1.82) is 0 Å². The number of aliphatic hydroxyl groups excluding tert-OH is 34. The Kier molecular flexibility index (Phi) is 39.6. The summed E-state index contributed by atoms with van der Waals surface area (Å²) in [6.45, 7) is -8.48. The highest BCUT2D eigenvalue weighted by Gasteiger charge is 2.68. The van der Waals surface area contributed by atoms with E-state index in [-0.39, 0.29) is 6.42 Å². The minimum absolute atomic E-state index is 0.378. The zero-order chi connectivity index (χ0) is 101. The van der Waals surface area contributed by atoms with E-state index in [1.165, 1.54) is 13.8 Å². The van der Waals surface area contributed by atoms with E-state index in [9.17, 15) is 203 Å². The molecule has 0 aromatic carbocycles. The van der Waals surface area contributed by atoms with Gasteiger partial charge in [0.1, 0.15) is 262 Å². The first-order valence-corrected chi connectivity index (χ1v) is 43.3. The largest absolute Gasteiger partial charge is 0.477 e. The van der Waals surface area contributed by atoms with E-state index in [2.05, 4.69) is 5.32 Å². The SMILES string of the molecule is CC(=O)N[C@H]1[C@H](O[C@@H]2[C@H](O)[C@@H](O[C@@H]3[C@H](O)[C@@H](O[C@H]4[C@@H]([C@H](O)CO)O[C@@](O)(C(=O)O)C[C@H]4O[C@@]4(C(=O)O)O[C@H]([C@H](O)CO)[C@H](O)[C@H](O)[C@@H]4O)O[C@H]([C@@H](O)CO)[C@H]3O[C@@H]3O[C@H](CO)[C@@H](O)[C@H](O)[C@H]3O)O[C@H]([C@@H](O)CO[C@H]3O[C@H]([C@@H](O)CO[C@@H]4O[C@H](CO)[C@H](O)[C@H](O)[C@H]4O)[C@@H](O)[C@H](O)[C@@H]3O)[C@H]2O)O[C@H](CO)[C@H](O)[C@@H]1O[C@@H]1O[C@@H](C)[C@@H](O[C@@H]2O[C@H](C)[C@@H](O)C[C@H]2O)[C@@H](O[C@H]2O[C@H](CO)[C@@H](O)[C@H](O)[C@@H]2O)[C@@H]1O. The summed E-state index contributed by atoms with van der Waals surface area (Å²) in [4.78, 5) is 40.4. The Bertz CT molecular complexity index is 3750. The number of hydrogen-bond donors (Lipinski definition) is 38. The lowest BCUT2D eigenvalue weighted by Gasteiger charge is -2.53. The highest BCUT2D eigenvalue weighted by molar-refractivity contribution is 5.77. The van der Waals surface area contributed by atoms with Crippen LogP contribution in [0, 0.1) is 0 Å². The van der Waals surface area contributed by atoms with Crippen LogP contribution in [0.1, 0.15) is 33.6 Å². The first kappa shape index (κ1) is 113. The van der Waals surface area contributed by atoms with Crippen molar-refractivity contribution < 1.29 is 303 Å². The molecule has 137 heavy (non-hydrogen) atoms. The van der Waals surface area contributed by atoms with E-state index >= 15 is 0 Å². The standard InChI is InChI=1S/C75H125NO61/c1-15-18(85)4-19(86)63(119-15)125-50-16(2)120-69(48(109)59(50)132-67-44(105)36(97)32(93)27(10-81)123-67)130-57-30(76-17(3)84)64(121-29(12-83)34(57)95)131-58-46(107)52(24(91)14-118-66-43(104)38(99)39(100)51(126-66)23(90)13-117-65-42(103)35(96)31(92)26(9-80)122-65)127-70(47(58)108)133-60-49(110)71(128-54(21(88)7-78)61(60)134-68-45(106)37(98)33(94)28(11-82)124-68)129-56-25(5-74(116,72(112)113)136-55(56)22(89)8-79)135-75(73(114)115)62(111)41(102)40(101)53(137-75)20(87)6-77/h15-16,18-71,77-83,85-111,116H,4-14H2,1-3H3,(H,76,84)(H,112,113)(H,114,115)/t15-,16+,18+,19-,20-,21+,22-,23+,24+,25-,26-,27-,28-,29-,30-,31+,32-,33-,34+,35+,36+,37+,38+,39+,40-,41+,42-,43+,44+,45-,46-,47+,48+,49+,50-,51-,52-,53-,54-,55-,56-,57-,58+,59+,60-,61-,62+,63+,64+,65-,66+,67-,68+,69+,70-,71-,74-,75-/m1/s1. The predicted molar refractivity (Wildman–Crippen MR) is 412 cm³/mol. The molecule has 0 aromatic rings. The summed E-state index contributed by atoms with van der Waals surface area (Å²) >= 11 is 0. The van der Waals surface area contributed by atoms with Crippen LogP contribution >= 0.6 is 0 Å². The van der Waals surface area contributed by atoms with Gasteiger partial charge in [-0.15, -0.1) is 0 Å². The molecule has 0 unspecified atom stereocenters. The Hall–Kier alpha value is -3.83. The van der Waals surface area contributed by atoms with Crippen LogP contribution in [0.3, 0.4) is 0 Å². The number of aliphatic carboxylic acids is 2. The fourth-order valence-electron chi connectivity index (χ4n) is 17.6. The van der Waals surface area contributed by atoms with Crippen LogP contribution in [0.15, 0.2) is 0 Å². The van der Waals surface area contributed by atoms with Gasteiger partial charge >= 0.3 is 11.9 Å². The van der Waals surface area contributed by atoms with Crippen LogP contribution in [0.25, 0.3) is 0 Å². The maximum atomic E-state index is 13.7. The molecule has 11 aliphatic rings. The van der Waals surface area contributed by atoms with Crippen molar-refractivity contribution in [2.24, 2.45) is 0 Å². The second-order valence-corrected chi connectivity index (χ2v) is 34.9. The van der Waals surface area contributed by atoms with Gasteiger partial charge in [-0.1, -0.05) is 0 Å². The van der Waals surface area contributed by atoms with Crippen molar-refractivity contribution in [2.45, 2.75) is 389 Å². The molecule has 58 atom stereocenters. The first-order chi connectivity index (χ1) is 64.4. The van der Waals surface area contributed by atoms with Gasteiger partial charge in [0.05, 0.1) is 83.9 Å². The first-order valence-electron chi connectivity index (χ1n) is 43.3. The summed E-state index contributed by atoms with van der Waals surface area (Å²) in [6, 6.07) is -2.27. The normalized spacial score (nSPS) is 50.3. The summed E-state index contributed by atoms with van der Waals surface area (Å²) in [5.41, 5.74) is 0. The Labute approximate surface area is 771 Å². The molecule has 11 rings (SSSR count). The molecular formula is C75H125NO61. The van der Waals surface area contributed by atoms with E-state index < -0.39 is 439 Å². The van der Waals surface area contributed by atoms with Crippen molar-refractivity contribution in [3.05, 3.63) is 0 Å². The zero-order valence-corrected chi connectivity index (χ0v) is 72.5. The van der Waals surface area contributed by atoms with Gasteiger partial charge in [0.2, 0.25) is 5.91 Å². The number of carbonyl (C=O) groups is 3. The molecular weight excluding hydrogens is 1890 g/mol. The second kappa shape index (κ2) is 47.8. The van der Waals surface area contributed by atoms with E-state index in [1.807, 2.05) is 0 Å². The fraction of sp³-hybridized carbons (Fsp3) is 0.960. The third-order valence-electron chi connectivity index (χ3n) is 25.5. The van der Waals surface area contributed by atoms with Crippen LogP contribution < -0.4 is 5.32 Å². The monoisotopic (exact) mass is 2020 g/mol. The number of ether oxygens (including phenoxy) is 21. The number of aliphatic hydroxyl groups is 35. The van der Waals surface area contributed by atoms with Gasteiger partial charge < -0.3 is 294 Å². The maximum Gasteiger partial charge on any atom is 0.367 e. The summed E-state index contributed by atoms with van der Waals surface area (Å²) in [6.07, 6.45) is -132. The molecule has 62 heteroatoms. The van der Waals surface area contributed by atoms with Crippen LogP contribution in [0.2, 0.25) is 0 Å². The molecule has 0 radical (unpaired) electrons. The minimum Gasteiger partial charge on any atom is -0.477 e. The zero-order valence-electron chi connectivity index (χ0n) is 72.5. The second-order valence-electron chi connectivity index (χ2n) is 34.9. The number of carboxylic acid groups (broad SMARTS) is 2. The predicted octanol–water partition coefficient (Wildman–Crippen LogP) is -25.0. The third kappa shape index (κ3) is 23.9. The average Bonchev–Trinajstić information content (AvgIpc) is 0.744. The van der Waals surface area contributed by atoms with Gasteiger partial charge in [-0.25, -0.2) is 9.59 Å². The van der Waals surface area contributed by atoms with E-state index in [4.69, 9.17) is 99.5 Å². The molecule has 11 fully saturated rings. The molecule has 0 aliphatic carbocycles. The van der Waals surface area contributed by atoms with Gasteiger partial charge in [0.15, 0.2) is 56.6 Å². The number of carboxylic acids is 2. The fourth-order valence-corrected chi connectivity index (χ4v) is 17.6. The molecule has 11 saturated heterocycles. The highest BCUT2D eigenvalue weighted by Crippen LogP contribution is 2.46. The Balaban J connectivity index is 0.998. The Morgan fingerprint density at radius 3 is 1.20 bits per heavy atom. The Morgan fingerprint density at radius 1 is 0.336 bits per heavy atom. The van der Waals surface area contributed by atoms with Gasteiger partial charge in [-0.3, -0.25) is 4.79 Å². The van der Waals surface area contributed by atoms with Crippen molar-refractivity contribution in [1.82, 2.24) is 5.32 Å². The lowest BCUT2D eigenvalue weighted by molar-refractivity contribution is -0.421. The quantitative estimate of drug-likeness (QED) is 0.0275. The summed E-state index contributed by atoms with van der Waals surface area (Å²) in [5, 5.41) is 417. The lowest BCUT2D eigenvalue weighted by atomic mass is 9.88. The number of hydrogen-bond acceptors (Lipinski definition) is 59. The van der Waals surface area contributed by atoms with Gasteiger partial charge in [-0.05, 0) is 13.8 Å². The van der Waals surface area contributed by atoms with E-state index in [0.29, 0.717) is 0 Å². The van der Waals surface area contributed by atoms with Gasteiger partial charge in [0, 0.05) is 19.8 Å². The van der Waals surface area contributed by atoms with Crippen molar-refractivity contribution in [3.63, 3.8) is 0 Å². The number of nitrogens with one attached hydrogen (secondary N) is 1. The molecule has 62 nitrogen and oxygen atoms in total. The third-order valence-corrected chi connectivity index (χ3v) is 25.5. The highest BCUT2D eigenvalue weighted by atomic mass is 16.8. The van der Waals surface area contributed by atoms with E-state index in [0.717, 1.165) is 6.92 Å². The number of rotatable bonds is 37. The molecule has 0 saturated carbocycles. The van der Waals surface area contributed by atoms with Crippen molar-refractivity contribution in [3.8, 4) is 0 Å². The molecule has 11 heterocycles. The van der Waals surface area contributed by atoms with Crippen molar-refractivity contribution >= 4 is 17.8 Å². The topological polar surface area (TPSA) is 1010 Å². The molecule has 11 aliphatic heterocycles. The van der Waals surface area contributed by atoms with Crippen LogP contribution in [0.4, 0.5) is 0 Å². The smallest absolute Gasteiger partial charge is 0.367 e. The van der Waals surface area contributed by atoms with Crippen LogP contribution in [0.5, 0.6) is 0 Å². The maximum absolute atomic E-state index is 13.7. The molecule has 0 bridgehead atoms. The number of amides is 1. The number of carbonyl (C=O) groups excluding carboxylic acids is 1. The van der Waals surface area contributed by atoms with Crippen LogP contribution in [-0.2, 0) is 114 Å². The molecule has 1 amide bonds. The minimum atomic E-state index is -4.04. The van der Waals surface area contributed by atoms with Gasteiger partial charge in [-0.2, -0.15) is 0 Å².